The lowest BCUT2D eigenvalue weighted by Gasteiger charge is -2.21. The van der Waals surface area contributed by atoms with Crippen LogP contribution in [0.15, 0.2) is 24.3 Å². The minimum atomic E-state index is -0.800. The van der Waals surface area contributed by atoms with Crippen LogP contribution in [0.1, 0.15) is 19.4 Å². The number of imide groups is 1. The quantitative estimate of drug-likeness (QED) is 0.808. The first-order valence-corrected chi connectivity index (χ1v) is 7.29. The molecule has 120 valence electrons. The number of ether oxygens (including phenoxy) is 1. The second kappa shape index (κ2) is 6.36. The lowest BCUT2D eigenvalue weighted by Crippen LogP contribution is -2.41. The third kappa shape index (κ3) is 3.57. The maximum atomic E-state index is 12.1. The van der Waals surface area contributed by atoms with Crippen LogP contribution in [0, 0.1) is 0 Å². The number of methoxy groups -OCH3 is 1. The van der Waals surface area contributed by atoms with Gasteiger partial charge in [-0.15, -0.1) is 0 Å². The van der Waals surface area contributed by atoms with Crippen LogP contribution in [0.2, 0.25) is 0 Å². The van der Waals surface area contributed by atoms with Crippen molar-refractivity contribution in [3.8, 4) is 5.75 Å². The van der Waals surface area contributed by atoms with Gasteiger partial charge >= 0.3 is 6.03 Å². The summed E-state index contributed by atoms with van der Waals surface area (Å²) in [6.07, 6.45) is 0. The van der Waals surface area contributed by atoms with Crippen molar-refractivity contribution in [2.45, 2.75) is 25.9 Å². The van der Waals surface area contributed by atoms with Gasteiger partial charge in [-0.3, -0.25) is 9.69 Å². The molecule has 0 aliphatic carbocycles. The Kier molecular flexibility index (Phi) is 4.71. The Morgan fingerprint density at radius 3 is 2.36 bits per heavy atom. The lowest BCUT2D eigenvalue weighted by atomic mass is 10.1. The van der Waals surface area contributed by atoms with Crippen LogP contribution in [-0.2, 0) is 11.3 Å². The number of hydrogen-bond donors (Lipinski definition) is 1. The highest BCUT2D eigenvalue weighted by molar-refractivity contribution is 6.06. The van der Waals surface area contributed by atoms with Gasteiger partial charge in [0.05, 0.1) is 7.11 Å². The van der Waals surface area contributed by atoms with Crippen LogP contribution < -0.4 is 10.1 Å². The van der Waals surface area contributed by atoms with E-state index in [0.29, 0.717) is 13.1 Å². The third-order valence-corrected chi connectivity index (χ3v) is 3.76. The molecule has 1 N–H and O–H groups in total. The predicted octanol–water partition coefficient (Wildman–Crippen LogP) is 1.46. The Morgan fingerprint density at radius 1 is 1.23 bits per heavy atom. The van der Waals surface area contributed by atoms with Gasteiger partial charge in [0, 0.05) is 19.6 Å². The second-order valence-corrected chi connectivity index (χ2v) is 6.10. The maximum absolute atomic E-state index is 12.1. The van der Waals surface area contributed by atoms with Crippen LogP contribution in [0.5, 0.6) is 5.75 Å². The van der Waals surface area contributed by atoms with Crippen LogP contribution in [-0.4, -0.2) is 54.5 Å². The number of likely N-dealkylation sites (N-methyl/N-ethyl adjacent to an activating group) is 1. The van der Waals surface area contributed by atoms with E-state index >= 15 is 0 Å². The fourth-order valence-electron chi connectivity index (χ4n) is 2.41. The van der Waals surface area contributed by atoms with Gasteiger partial charge in [0.15, 0.2) is 0 Å². The van der Waals surface area contributed by atoms with Crippen molar-refractivity contribution in [2.75, 3.05) is 27.2 Å². The zero-order valence-electron chi connectivity index (χ0n) is 13.5. The first kappa shape index (κ1) is 16.3. The molecule has 6 nitrogen and oxygen atoms in total. The molecule has 0 spiro atoms. The van der Waals surface area contributed by atoms with E-state index in [1.807, 2.05) is 31.3 Å². The van der Waals surface area contributed by atoms with E-state index in [-0.39, 0.29) is 11.9 Å². The number of rotatable bonds is 6. The Labute approximate surface area is 131 Å². The molecular weight excluding hydrogens is 282 g/mol. The van der Waals surface area contributed by atoms with Crippen LogP contribution >= 0.6 is 0 Å². The van der Waals surface area contributed by atoms with Gasteiger partial charge in [0.25, 0.3) is 5.91 Å². The van der Waals surface area contributed by atoms with Gasteiger partial charge in [-0.05, 0) is 38.6 Å². The van der Waals surface area contributed by atoms with E-state index in [0.717, 1.165) is 17.9 Å². The molecule has 22 heavy (non-hydrogen) atoms. The first-order chi connectivity index (χ1) is 10.3. The number of benzene rings is 1. The number of carbonyl (C=O) groups is 2. The van der Waals surface area contributed by atoms with Crippen molar-refractivity contribution < 1.29 is 14.3 Å². The van der Waals surface area contributed by atoms with Crippen molar-refractivity contribution in [3.63, 3.8) is 0 Å². The molecule has 0 aromatic heterocycles. The Hall–Kier alpha value is -2.08. The fraction of sp³-hybridized carbons (Fsp3) is 0.500. The smallest absolute Gasteiger partial charge is 0.325 e. The van der Waals surface area contributed by atoms with Gasteiger partial charge < -0.3 is 15.0 Å². The van der Waals surface area contributed by atoms with Gasteiger partial charge in [0.1, 0.15) is 11.3 Å². The van der Waals surface area contributed by atoms with Crippen molar-refractivity contribution >= 4 is 11.9 Å². The summed E-state index contributed by atoms with van der Waals surface area (Å²) in [7, 11) is 3.61. The summed E-state index contributed by atoms with van der Waals surface area (Å²) >= 11 is 0. The summed E-state index contributed by atoms with van der Waals surface area (Å²) in [6.45, 7) is 5.20. The predicted molar refractivity (Wildman–Crippen MR) is 83.7 cm³/mol. The number of urea groups is 1. The monoisotopic (exact) mass is 305 g/mol. The molecule has 1 heterocycles. The Balaban J connectivity index is 1.86. The molecule has 1 aliphatic rings. The summed E-state index contributed by atoms with van der Waals surface area (Å²) in [6, 6.07) is 7.54. The molecule has 0 saturated carbocycles. The molecule has 0 atom stereocenters. The average molecular weight is 305 g/mol. The SMILES string of the molecule is COc1ccc(CN(C)CCN2C(=O)NC(C)(C)C2=O)cc1. The molecule has 1 aromatic rings. The van der Waals surface area contributed by atoms with Crippen molar-refractivity contribution in [1.82, 2.24) is 15.1 Å². The number of carbonyl (C=O) groups excluding carboxylic acids is 2. The van der Waals surface area contributed by atoms with E-state index in [1.165, 1.54) is 4.90 Å². The van der Waals surface area contributed by atoms with Gasteiger partial charge in [-0.1, -0.05) is 12.1 Å². The summed E-state index contributed by atoms with van der Waals surface area (Å²) in [5.74, 6) is 0.656. The van der Waals surface area contributed by atoms with Crippen molar-refractivity contribution in [2.24, 2.45) is 0 Å². The van der Waals surface area contributed by atoms with E-state index in [9.17, 15) is 9.59 Å². The minimum Gasteiger partial charge on any atom is -0.497 e. The van der Waals surface area contributed by atoms with E-state index in [4.69, 9.17) is 4.74 Å². The largest absolute Gasteiger partial charge is 0.497 e. The number of amides is 3. The molecule has 1 aliphatic heterocycles. The molecule has 0 unspecified atom stereocenters. The number of nitrogens with one attached hydrogen (secondary N) is 1. The van der Waals surface area contributed by atoms with Crippen molar-refractivity contribution in [1.29, 1.82) is 0 Å². The van der Waals surface area contributed by atoms with Crippen molar-refractivity contribution in [3.05, 3.63) is 29.8 Å². The zero-order valence-corrected chi connectivity index (χ0v) is 13.5. The highest BCUT2D eigenvalue weighted by Crippen LogP contribution is 2.16. The molecular formula is C16H23N3O3. The molecule has 1 aromatic carbocycles. The molecule has 3 amide bonds. The highest BCUT2D eigenvalue weighted by atomic mass is 16.5. The van der Waals surface area contributed by atoms with E-state index < -0.39 is 5.54 Å². The topological polar surface area (TPSA) is 61.9 Å². The fourth-order valence-corrected chi connectivity index (χ4v) is 2.41. The third-order valence-electron chi connectivity index (χ3n) is 3.76. The van der Waals surface area contributed by atoms with Crippen LogP contribution in [0.4, 0.5) is 4.79 Å². The number of hydrogen-bond acceptors (Lipinski definition) is 4. The molecule has 0 radical (unpaired) electrons. The maximum Gasteiger partial charge on any atom is 0.325 e. The van der Waals surface area contributed by atoms with E-state index in [2.05, 4.69) is 10.2 Å². The molecule has 6 heteroatoms. The van der Waals surface area contributed by atoms with Gasteiger partial charge in [-0.25, -0.2) is 4.79 Å². The molecule has 0 bridgehead atoms. The lowest BCUT2D eigenvalue weighted by molar-refractivity contribution is -0.130. The standard InChI is InChI=1S/C16H23N3O3/c1-16(2)14(20)19(15(21)17-16)10-9-18(3)11-12-5-7-13(22-4)8-6-12/h5-8H,9-11H2,1-4H3,(H,17,21). The highest BCUT2D eigenvalue weighted by Gasteiger charge is 2.43. The summed E-state index contributed by atoms with van der Waals surface area (Å²) < 4.78 is 5.13. The normalized spacial score (nSPS) is 17.0. The zero-order chi connectivity index (χ0) is 16.3. The average Bonchev–Trinajstić information content (AvgIpc) is 2.66. The molecule has 2 rings (SSSR count). The number of nitrogens with zero attached hydrogens (tertiary/aromatic N) is 2. The summed E-state index contributed by atoms with van der Waals surface area (Å²) in [5, 5.41) is 2.68. The second-order valence-electron chi connectivity index (χ2n) is 6.10. The van der Waals surface area contributed by atoms with Crippen LogP contribution in [0.3, 0.4) is 0 Å². The summed E-state index contributed by atoms with van der Waals surface area (Å²) in [4.78, 5) is 27.3. The Bertz CT molecular complexity index is 554. The Morgan fingerprint density at radius 2 is 1.86 bits per heavy atom. The summed E-state index contributed by atoms with van der Waals surface area (Å²) in [5.41, 5.74) is 0.354. The van der Waals surface area contributed by atoms with Gasteiger partial charge in [-0.2, -0.15) is 0 Å². The molecule has 1 saturated heterocycles. The minimum absolute atomic E-state index is 0.171. The van der Waals surface area contributed by atoms with Gasteiger partial charge in [0.2, 0.25) is 0 Å². The first-order valence-electron chi connectivity index (χ1n) is 7.29. The van der Waals surface area contributed by atoms with E-state index in [1.54, 1.807) is 21.0 Å². The van der Waals surface area contributed by atoms with Crippen LogP contribution in [0.25, 0.3) is 0 Å². The molecule has 1 fully saturated rings.